The van der Waals surface area contributed by atoms with E-state index in [-0.39, 0.29) is 29.2 Å². The van der Waals surface area contributed by atoms with Crippen molar-refractivity contribution in [2.75, 3.05) is 50.6 Å². The summed E-state index contributed by atoms with van der Waals surface area (Å²) >= 11 is 0. The molecule has 1 aromatic heterocycles. The normalized spacial score (nSPS) is 12.5. The predicted molar refractivity (Wildman–Crippen MR) is 137 cm³/mol. The first-order valence-electron chi connectivity index (χ1n) is 11.6. The molecule has 0 saturated heterocycles. The van der Waals surface area contributed by atoms with Crippen molar-refractivity contribution in [1.82, 2.24) is 9.71 Å². The lowest BCUT2D eigenvalue weighted by atomic mass is 10.1. The van der Waals surface area contributed by atoms with Crippen molar-refractivity contribution < 1.29 is 27.9 Å². The molecule has 2 rings (SSSR count). The van der Waals surface area contributed by atoms with Crippen molar-refractivity contribution in [3.05, 3.63) is 51.7 Å². The number of aliphatic hydroxyl groups excluding tert-OH is 1. The molecule has 0 bridgehead atoms. The summed E-state index contributed by atoms with van der Waals surface area (Å²) in [5, 5.41) is 25.0. The number of sulfonamides is 1. The molecule has 1 atom stereocenters. The summed E-state index contributed by atoms with van der Waals surface area (Å²) in [5.74, 6) is 0.787. The number of nitro benzene ring substituents is 1. The molecule has 0 aliphatic heterocycles. The molecule has 1 heterocycles. The van der Waals surface area contributed by atoms with Crippen LogP contribution in [0.4, 0.5) is 17.2 Å². The summed E-state index contributed by atoms with van der Waals surface area (Å²) in [7, 11) is -0.267. The zero-order chi connectivity index (χ0) is 26.9. The van der Waals surface area contributed by atoms with Crippen LogP contribution in [0.3, 0.4) is 0 Å². The number of ether oxygens (including phenoxy) is 2. The average Bonchev–Trinajstić information content (AvgIpc) is 2.82. The lowest BCUT2D eigenvalue weighted by molar-refractivity contribution is -0.384. The molecule has 200 valence electrons. The monoisotopic (exact) mass is 525 g/mol. The minimum Gasteiger partial charge on any atom is -0.386 e. The predicted octanol–water partition coefficient (Wildman–Crippen LogP) is 2.06. The van der Waals surface area contributed by atoms with Crippen LogP contribution in [0.15, 0.2) is 35.4 Å². The first-order chi connectivity index (χ1) is 17.0. The summed E-state index contributed by atoms with van der Waals surface area (Å²) in [6, 6.07) is 6.32. The molecule has 12 nitrogen and oxygen atoms in total. The molecule has 2 aromatic rings. The summed E-state index contributed by atoms with van der Waals surface area (Å²) in [6.45, 7) is 5.52. The van der Waals surface area contributed by atoms with Gasteiger partial charge in [0.25, 0.3) is 5.69 Å². The highest BCUT2D eigenvalue weighted by molar-refractivity contribution is 7.89. The Bertz CT molecular complexity index is 1100. The van der Waals surface area contributed by atoms with Crippen LogP contribution in [0.5, 0.6) is 0 Å². The molecule has 13 heteroatoms. The van der Waals surface area contributed by atoms with E-state index in [0.717, 1.165) is 11.4 Å². The Balaban J connectivity index is 2.14. The Kier molecular flexibility index (Phi) is 11.0. The number of benzene rings is 1. The molecule has 0 aliphatic rings. The van der Waals surface area contributed by atoms with Crippen LogP contribution in [-0.2, 0) is 25.9 Å². The second-order valence-electron chi connectivity index (χ2n) is 8.14. The molecule has 0 aliphatic carbocycles. The van der Waals surface area contributed by atoms with Crippen molar-refractivity contribution >= 4 is 27.2 Å². The van der Waals surface area contributed by atoms with Gasteiger partial charge in [0.2, 0.25) is 10.0 Å². The van der Waals surface area contributed by atoms with Crippen LogP contribution in [-0.4, -0.2) is 76.2 Å². The molecule has 0 saturated carbocycles. The van der Waals surface area contributed by atoms with Crippen LogP contribution in [0.1, 0.15) is 25.0 Å². The average molecular weight is 526 g/mol. The fourth-order valence-electron chi connectivity index (χ4n) is 3.50. The van der Waals surface area contributed by atoms with E-state index in [0.29, 0.717) is 19.6 Å². The molecule has 3 N–H and O–H groups in total. The largest absolute Gasteiger partial charge is 0.386 e. The van der Waals surface area contributed by atoms with Gasteiger partial charge in [0.1, 0.15) is 17.6 Å². The van der Waals surface area contributed by atoms with Crippen molar-refractivity contribution in [3.63, 3.8) is 0 Å². The van der Waals surface area contributed by atoms with Gasteiger partial charge in [-0.3, -0.25) is 10.1 Å². The molecule has 0 spiro atoms. The Hall–Kier alpha value is -2.84. The smallest absolute Gasteiger partial charge is 0.296 e. The van der Waals surface area contributed by atoms with Crippen molar-refractivity contribution in [3.8, 4) is 0 Å². The van der Waals surface area contributed by atoms with E-state index in [4.69, 9.17) is 9.47 Å². The maximum Gasteiger partial charge on any atom is 0.296 e. The maximum atomic E-state index is 12.9. The van der Waals surface area contributed by atoms with E-state index in [2.05, 4.69) is 15.0 Å². The molecular weight excluding hydrogens is 490 g/mol. The van der Waals surface area contributed by atoms with E-state index in [9.17, 15) is 23.6 Å². The third-order valence-corrected chi connectivity index (χ3v) is 6.91. The number of nitro groups is 1. The number of nitrogens with one attached hydrogen (secondary N) is 2. The van der Waals surface area contributed by atoms with Gasteiger partial charge in [-0.15, -0.1) is 0 Å². The molecule has 36 heavy (non-hydrogen) atoms. The lowest BCUT2D eigenvalue weighted by Gasteiger charge is -2.23. The van der Waals surface area contributed by atoms with Gasteiger partial charge >= 0.3 is 0 Å². The number of hydrogen-bond acceptors (Lipinski definition) is 10. The van der Waals surface area contributed by atoms with E-state index >= 15 is 0 Å². The van der Waals surface area contributed by atoms with Crippen LogP contribution < -0.4 is 14.9 Å². The Labute approximate surface area is 211 Å². The van der Waals surface area contributed by atoms with Crippen LogP contribution >= 0.6 is 0 Å². The Morgan fingerprint density at radius 3 is 2.36 bits per heavy atom. The van der Waals surface area contributed by atoms with E-state index < -0.39 is 33.0 Å². The number of hydrogen-bond donors (Lipinski definition) is 3. The van der Waals surface area contributed by atoms with Crippen LogP contribution in [0.2, 0.25) is 0 Å². The van der Waals surface area contributed by atoms with Gasteiger partial charge in [-0.1, -0.05) is 6.07 Å². The third-order valence-electron chi connectivity index (χ3n) is 5.30. The molecule has 0 amide bonds. The summed E-state index contributed by atoms with van der Waals surface area (Å²) in [4.78, 5) is 17.1. The molecule has 0 radical (unpaired) electrons. The highest BCUT2D eigenvalue weighted by Gasteiger charge is 2.28. The van der Waals surface area contributed by atoms with E-state index in [1.165, 1.54) is 19.1 Å². The number of rotatable bonds is 15. The van der Waals surface area contributed by atoms with Gasteiger partial charge in [0.05, 0.1) is 9.82 Å². The minimum atomic E-state index is -4.02. The topological polar surface area (TPSA) is 156 Å². The van der Waals surface area contributed by atoms with E-state index in [1.807, 2.05) is 31.1 Å². The first-order valence-corrected chi connectivity index (χ1v) is 13.0. The van der Waals surface area contributed by atoms with Gasteiger partial charge in [0, 0.05) is 52.2 Å². The van der Waals surface area contributed by atoms with Gasteiger partial charge in [-0.25, -0.2) is 18.1 Å². The second kappa shape index (κ2) is 13.5. The number of aliphatic hydroxyl groups is 1. The minimum absolute atomic E-state index is 0.0184. The highest BCUT2D eigenvalue weighted by Crippen LogP contribution is 2.33. The summed E-state index contributed by atoms with van der Waals surface area (Å²) in [6.07, 6.45) is 0.0809. The first kappa shape index (κ1) is 29.4. The summed E-state index contributed by atoms with van der Waals surface area (Å²) in [5.41, 5.74) is 0.517. The Morgan fingerprint density at radius 1 is 1.17 bits per heavy atom. The number of aromatic nitrogens is 1. The van der Waals surface area contributed by atoms with Gasteiger partial charge in [-0.05, 0) is 51.0 Å². The fraction of sp³-hybridized carbons (Fsp3) is 0.522. The molecular formula is C23H35N5O7S. The molecule has 1 aromatic carbocycles. The standard InChI is InChI=1S/C23H35N5O7S/c1-6-34-23(35-7-2)19(29)15-24-18-9-10-20(16(3)22(18)28(30)31)36(32,33)26-13-12-17-8-11-21(25-14-17)27(4)5/h8-11,14,19,23-24,26,29H,6-7,12-13,15H2,1-5H3. The number of pyridine rings is 1. The zero-order valence-corrected chi connectivity index (χ0v) is 22.0. The highest BCUT2D eigenvalue weighted by atomic mass is 32.2. The maximum absolute atomic E-state index is 12.9. The fourth-order valence-corrected chi connectivity index (χ4v) is 4.77. The molecule has 1 unspecified atom stereocenters. The zero-order valence-electron chi connectivity index (χ0n) is 21.2. The SMILES string of the molecule is CCOC(OCC)C(O)CNc1ccc(S(=O)(=O)NCCc2ccc(N(C)C)nc2)c(C)c1[N+](=O)[O-]. The van der Waals surface area contributed by atoms with Gasteiger partial charge in [0.15, 0.2) is 6.29 Å². The third kappa shape index (κ3) is 7.83. The number of anilines is 2. The van der Waals surface area contributed by atoms with Crippen LogP contribution in [0, 0.1) is 17.0 Å². The lowest BCUT2D eigenvalue weighted by Crippen LogP contribution is -2.37. The van der Waals surface area contributed by atoms with Gasteiger partial charge < -0.3 is 24.8 Å². The van der Waals surface area contributed by atoms with Crippen molar-refractivity contribution in [2.45, 2.75) is 44.5 Å². The Morgan fingerprint density at radius 2 is 1.83 bits per heavy atom. The van der Waals surface area contributed by atoms with Crippen molar-refractivity contribution in [1.29, 1.82) is 0 Å². The number of nitrogens with zero attached hydrogens (tertiary/aromatic N) is 3. The second-order valence-corrected chi connectivity index (χ2v) is 9.87. The van der Waals surface area contributed by atoms with Gasteiger partial charge in [-0.2, -0.15) is 0 Å². The quantitative estimate of drug-likeness (QED) is 0.179. The molecule has 0 fully saturated rings. The van der Waals surface area contributed by atoms with Crippen LogP contribution in [0.25, 0.3) is 0 Å². The van der Waals surface area contributed by atoms with E-state index in [1.54, 1.807) is 20.0 Å². The summed E-state index contributed by atoms with van der Waals surface area (Å²) < 4.78 is 39.0. The van der Waals surface area contributed by atoms with Crippen molar-refractivity contribution in [2.24, 2.45) is 0 Å².